The summed E-state index contributed by atoms with van der Waals surface area (Å²) in [5, 5.41) is 8.51. The Hall–Kier alpha value is -2.00. The molecule has 4 nitrogen and oxygen atoms in total. The number of halogens is 1. The first-order valence-corrected chi connectivity index (χ1v) is 3.36. The third-order valence-corrected chi connectivity index (χ3v) is 1.42. The van der Waals surface area contributed by atoms with Crippen molar-refractivity contribution in [2.24, 2.45) is 0 Å². The SMILES string of the molecule is [N-]=[N+]=C(C(=O)O)c1ccc(F)cc1. The van der Waals surface area contributed by atoms with Crippen LogP contribution in [0.2, 0.25) is 0 Å². The molecule has 0 unspecified atom stereocenters. The van der Waals surface area contributed by atoms with Crippen LogP contribution in [0.3, 0.4) is 0 Å². The number of hydrogen-bond donors (Lipinski definition) is 1. The minimum absolute atomic E-state index is 0.149. The number of carboxylic acid groups (broad SMARTS) is 1. The summed E-state index contributed by atoms with van der Waals surface area (Å²) in [5.41, 5.74) is 7.97. The number of rotatable bonds is 2. The van der Waals surface area contributed by atoms with Gasteiger partial charge in [0.1, 0.15) is 5.82 Å². The van der Waals surface area contributed by atoms with Crippen LogP contribution in [-0.4, -0.2) is 21.6 Å². The summed E-state index contributed by atoms with van der Waals surface area (Å²) in [6.45, 7) is 0. The van der Waals surface area contributed by atoms with Crippen LogP contribution < -0.4 is 0 Å². The minimum atomic E-state index is -1.37. The average molecular weight is 180 g/mol. The molecule has 66 valence electrons. The maximum absolute atomic E-state index is 12.4. The molecule has 1 rings (SSSR count). The van der Waals surface area contributed by atoms with Gasteiger partial charge in [-0.2, -0.15) is 4.79 Å². The van der Waals surface area contributed by atoms with Crippen LogP contribution in [0.25, 0.3) is 5.53 Å². The maximum Gasteiger partial charge on any atom is 0.419 e. The number of carboxylic acids is 1. The monoisotopic (exact) mass is 180 g/mol. The molecule has 0 radical (unpaired) electrons. The van der Waals surface area contributed by atoms with Gasteiger partial charge in [0.25, 0.3) is 0 Å². The molecule has 0 aromatic heterocycles. The van der Waals surface area contributed by atoms with E-state index in [1.54, 1.807) is 0 Å². The van der Waals surface area contributed by atoms with E-state index >= 15 is 0 Å². The summed E-state index contributed by atoms with van der Waals surface area (Å²) in [7, 11) is 0. The number of benzene rings is 1. The van der Waals surface area contributed by atoms with Crippen LogP contribution >= 0.6 is 0 Å². The molecule has 0 heterocycles. The van der Waals surface area contributed by atoms with Gasteiger partial charge in [0.05, 0.1) is 5.56 Å². The molecule has 0 atom stereocenters. The van der Waals surface area contributed by atoms with Gasteiger partial charge in [0.15, 0.2) is 0 Å². The smallest absolute Gasteiger partial charge is 0.419 e. The highest BCUT2D eigenvalue weighted by molar-refractivity contribution is 6.39. The van der Waals surface area contributed by atoms with Crippen molar-refractivity contribution in [1.82, 2.24) is 0 Å². The van der Waals surface area contributed by atoms with Crippen LogP contribution in [0, 0.1) is 5.82 Å². The van der Waals surface area contributed by atoms with Crippen molar-refractivity contribution >= 4 is 11.7 Å². The zero-order valence-electron chi connectivity index (χ0n) is 6.44. The molecule has 0 bridgehead atoms. The van der Waals surface area contributed by atoms with Gasteiger partial charge in [-0.05, 0) is 24.3 Å². The number of nitrogens with zero attached hydrogens (tertiary/aromatic N) is 2. The summed E-state index contributed by atoms with van der Waals surface area (Å²) in [4.78, 5) is 13.0. The molecule has 13 heavy (non-hydrogen) atoms. The molecule has 0 aliphatic carbocycles. The molecular weight excluding hydrogens is 175 g/mol. The van der Waals surface area contributed by atoms with Gasteiger partial charge in [0, 0.05) is 0 Å². The van der Waals surface area contributed by atoms with E-state index in [4.69, 9.17) is 10.6 Å². The van der Waals surface area contributed by atoms with Gasteiger partial charge < -0.3 is 10.6 Å². The Kier molecular flexibility index (Phi) is 2.52. The van der Waals surface area contributed by atoms with Crippen molar-refractivity contribution in [1.29, 1.82) is 0 Å². The molecule has 5 heteroatoms. The van der Waals surface area contributed by atoms with Gasteiger partial charge in [0.2, 0.25) is 0 Å². The molecule has 1 N–H and O–H groups in total. The first kappa shape index (κ1) is 9.09. The van der Waals surface area contributed by atoms with E-state index in [0.717, 1.165) is 12.1 Å². The van der Waals surface area contributed by atoms with E-state index in [0.29, 0.717) is 0 Å². The second-order valence-electron chi connectivity index (χ2n) is 2.26. The second kappa shape index (κ2) is 3.60. The summed E-state index contributed by atoms with van der Waals surface area (Å²) in [5.74, 6) is -1.85. The molecule has 1 aromatic rings. The minimum Gasteiger partial charge on any atom is -0.472 e. The van der Waals surface area contributed by atoms with E-state index in [1.807, 2.05) is 0 Å². The van der Waals surface area contributed by atoms with Gasteiger partial charge in [-0.15, -0.1) is 0 Å². The average Bonchev–Trinajstić information content (AvgIpc) is 2.09. The van der Waals surface area contributed by atoms with Crippen molar-refractivity contribution in [2.75, 3.05) is 0 Å². The Bertz CT molecular complexity index is 380. The predicted octanol–water partition coefficient (Wildman–Crippen LogP) is 0.929. The summed E-state index contributed by atoms with van der Waals surface area (Å²) < 4.78 is 12.4. The Morgan fingerprint density at radius 3 is 2.31 bits per heavy atom. The molecule has 0 amide bonds. The Morgan fingerprint density at radius 1 is 1.38 bits per heavy atom. The largest absolute Gasteiger partial charge is 0.472 e. The lowest BCUT2D eigenvalue weighted by Crippen LogP contribution is -2.15. The van der Waals surface area contributed by atoms with E-state index in [9.17, 15) is 9.18 Å². The fourth-order valence-electron chi connectivity index (χ4n) is 0.832. The highest BCUT2D eigenvalue weighted by atomic mass is 19.1. The van der Waals surface area contributed by atoms with Crippen LogP contribution in [0.1, 0.15) is 5.56 Å². The molecule has 0 spiro atoms. The topological polar surface area (TPSA) is 73.7 Å². The molecule has 0 fully saturated rings. The lowest BCUT2D eigenvalue weighted by Gasteiger charge is -1.90. The third-order valence-electron chi connectivity index (χ3n) is 1.42. The summed E-state index contributed by atoms with van der Waals surface area (Å²) in [6, 6.07) is 4.62. The van der Waals surface area contributed by atoms with E-state index in [1.165, 1.54) is 12.1 Å². The van der Waals surface area contributed by atoms with E-state index < -0.39 is 17.5 Å². The zero-order chi connectivity index (χ0) is 9.84. The number of aliphatic carboxylic acids is 1. The van der Waals surface area contributed by atoms with Crippen molar-refractivity contribution in [3.05, 3.63) is 41.2 Å². The van der Waals surface area contributed by atoms with Crippen LogP contribution in [-0.2, 0) is 4.79 Å². The highest BCUT2D eigenvalue weighted by Crippen LogP contribution is 2.03. The zero-order valence-corrected chi connectivity index (χ0v) is 6.44. The first-order valence-electron chi connectivity index (χ1n) is 3.36. The van der Waals surface area contributed by atoms with Gasteiger partial charge in [-0.3, -0.25) is 0 Å². The summed E-state index contributed by atoms with van der Waals surface area (Å²) in [6.07, 6.45) is 0. The quantitative estimate of drug-likeness (QED) is 0.417. The van der Waals surface area contributed by atoms with Crippen molar-refractivity contribution in [3.63, 3.8) is 0 Å². The summed E-state index contributed by atoms with van der Waals surface area (Å²) >= 11 is 0. The fourth-order valence-corrected chi connectivity index (χ4v) is 0.832. The second-order valence-corrected chi connectivity index (χ2v) is 2.26. The van der Waals surface area contributed by atoms with Gasteiger partial charge in [-0.1, -0.05) is 0 Å². The first-order chi connectivity index (χ1) is 6.15. The predicted molar refractivity (Wildman–Crippen MR) is 41.8 cm³/mol. The lowest BCUT2D eigenvalue weighted by molar-refractivity contribution is -0.133. The van der Waals surface area contributed by atoms with Crippen LogP contribution in [0.5, 0.6) is 0 Å². The van der Waals surface area contributed by atoms with Crippen LogP contribution in [0.15, 0.2) is 24.3 Å². The molecule has 0 saturated heterocycles. The molecule has 0 aliphatic rings. The third kappa shape index (κ3) is 1.98. The van der Waals surface area contributed by atoms with E-state index in [2.05, 4.69) is 4.79 Å². The lowest BCUT2D eigenvalue weighted by atomic mass is 10.1. The molecule has 1 aromatic carbocycles. The number of hydrogen-bond acceptors (Lipinski definition) is 1. The fraction of sp³-hybridized carbons (Fsp3) is 0. The Labute approximate surface area is 72.9 Å². The highest BCUT2D eigenvalue weighted by Gasteiger charge is 2.20. The van der Waals surface area contributed by atoms with Gasteiger partial charge >= 0.3 is 11.7 Å². The number of carbonyl (C=O) groups is 1. The molecule has 0 saturated carbocycles. The van der Waals surface area contributed by atoms with Crippen molar-refractivity contribution in [2.45, 2.75) is 0 Å². The van der Waals surface area contributed by atoms with E-state index in [-0.39, 0.29) is 5.56 Å². The van der Waals surface area contributed by atoms with Crippen molar-refractivity contribution < 1.29 is 19.1 Å². The van der Waals surface area contributed by atoms with Crippen LogP contribution in [0.4, 0.5) is 4.39 Å². The van der Waals surface area contributed by atoms with Gasteiger partial charge in [-0.25, -0.2) is 9.18 Å². The molecular formula is C8H5FN2O2. The van der Waals surface area contributed by atoms with Crippen molar-refractivity contribution in [3.8, 4) is 0 Å². The Morgan fingerprint density at radius 2 is 1.92 bits per heavy atom. The molecule has 0 aliphatic heterocycles. The standard InChI is InChI=1S/C8H5FN2O2/c9-6-3-1-5(2-4-6)7(11-10)8(12)13/h1-4H,(H,12,13). The Balaban J connectivity index is 3.15. The maximum atomic E-state index is 12.4. The normalized spacial score (nSPS) is 9.00.